The highest BCUT2D eigenvalue weighted by atomic mass is 79.9. The Morgan fingerprint density at radius 1 is 1.18 bits per heavy atom. The molecule has 1 amide bonds. The van der Waals surface area contributed by atoms with Crippen LogP contribution in [0.15, 0.2) is 64.4 Å². The smallest absolute Gasteiger partial charge is 0.274 e. The van der Waals surface area contributed by atoms with Gasteiger partial charge in [-0.1, -0.05) is 34.1 Å². The number of nitrogens with zero attached hydrogens (tertiary/aromatic N) is 5. The Bertz CT molecular complexity index is 1230. The number of hydrogen-bond acceptors (Lipinski definition) is 5. The van der Waals surface area contributed by atoms with Gasteiger partial charge in [-0.05, 0) is 24.3 Å². The summed E-state index contributed by atoms with van der Waals surface area (Å²) in [4.78, 5) is 29.0. The van der Waals surface area contributed by atoms with Crippen molar-refractivity contribution in [3.63, 3.8) is 0 Å². The van der Waals surface area contributed by atoms with Gasteiger partial charge < -0.3 is 5.32 Å². The van der Waals surface area contributed by atoms with Crippen molar-refractivity contribution in [3.8, 4) is 5.69 Å². The zero-order chi connectivity index (χ0) is 19.7. The zero-order valence-corrected chi connectivity index (χ0v) is 16.4. The van der Waals surface area contributed by atoms with E-state index in [2.05, 4.69) is 36.4 Å². The fraction of sp³-hybridized carbons (Fsp3) is 0.105. The lowest BCUT2D eigenvalue weighted by molar-refractivity contribution is -0.115. The van der Waals surface area contributed by atoms with Crippen molar-refractivity contribution < 1.29 is 4.79 Å². The second kappa shape index (κ2) is 7.35. The topological polar surface area (TPSA) is 94.7 Å². The minimum absolute atomic E-state index is 0.0257. The monoisotopic (exact) mass is 438 g/mol. The van der Waals surface area contributed by atoms with Gasteiger partial charge in [-0.15, -0.1) is 0 Å². The summed E-state index contributed by atoms with van der Waals surface area (Å²) >= 11 is 3.42. The Balaban J connectivity index is 1.67. The van der Waals surface area contributed by atoms with E-state index in [1.54, 1.807) is 42.3 Å². The zero-order valence-electron chi connectivity index (χ0n) is 14.8. The number of hydrogen-bond donors (Lipinski definition) is 1. The largest absolute Gasteiger partial charge is 0.324 e. The molecule has 4 aromatic rings. The Morgan fingerprint density at radius 3 is 2.71 bits per heavy atom. The molecular formula is C19H15BrN6O2. The van der Waals surface area contributed by atoms with Crippen LogP contribution in [-0.2, 0) is 18.3 Å². The summed E-state index contributed by atoms with van der Waals surface area (Å²) in [7, 11) is 1.58. The van der Waals surface area contributed by atoms with E-state index in [1.807, 2.05) is 18.2 Å². The highest BCUT2D eigenvalue weighted by molar-refractivity contribution is 9.10. The van der Waals surface area contributed by atoms with E-state index in [0.29, 0.717) is 27.8 Å². The SMILES string of the molecule is Cn1nc(CC(=O)Nc2cc(Br)ccc2-n2cncn2)c2ccccc2c1=O. The van der Waals surface area contributed by atoms with E-state index < -0.39 is 0 Å². The molecule has 4 rings (SSSR count). The highest BCUT2D eigenvalue weighted by Crippen LogP contribution is 2.24. The molecule has 28 heavy (non-hydrogen) atoms. The molecule has 140 valence electrons. The Labute approximate surface area is 168 Å². The maximum absolute atomic E-state index is 12.8. The number of anilines is 1. The highest BCUT2D eigenvalue weighted by Gasteiger charge is 2.15. The molecular weight excluding hydrogens is 424 g/mol. The minimum Gasteiger partial charge on any atom is -0.324 e. The van der Waals surface area contributed by atoms with Gasteiger partial charge in [0.05, 0.1) is 28.9 Å². The third-order valence-electron chi connectivity index (χ3n) is 4.26. The molecule has 2 aromatic carbocycles. The molecule has 0 aliphatic heterocycles. The lowest BCUT2D eigenvalue weighted by Crippen LogP contribution is -2.24. The van der Waals surface area contributed by atoms with Crippen molar-refractivity contribution in [2.24, 2.45) is 7.05 Å². The van der Waals surface area contributed by atoms with Crippen LogP contribution in [0.4, 0.5) is 5.69 Å². The maximum atomic E-state index is 12.8. The van der Waals surface area contributed by atoms with Gasteiger partial charge in [0.25, 0.3) is 5.56 Å². The molecule has 8 nitrogen and oxygen atoms in total. The van der Waals surface area contributed by atoms with E-state index >= 15 is 0 Å². The minimum atomic E-state index is -0.254. The molecule has 0 atom stereocenters. The van der Waals surface area contributed by atoms with E-state index in [9.17, 15) is 9.59 Å². The lowest BCUT2D eigenvalue weighted by atomic mass is 10.1. The number of carbonyl (C=O) groups is 1. The van der Waals surface area contributed by atoms with Crippen molar-refractivity contribution in [2.45, 2.75) is 6.42 Å². The van der Waals surface area contributed by atoms with Gasteiger partial charge in [-0.25, -0.2) is 14.3 Å². The van der Waals surface area contributed by atoms with Crippen molar-refractivity contribution in [1.29, 1.82) is 0 Å². The van der Waals surface area contributed by atoms with Gasteiger partial charge >= 0.3 is 0 Å². The van der Waals surface area contributed by atoms with E-state index in [0.717, 1.165) is 4.47 Å². The van der Waals surface area contributed by atoms with Crippen molar-refractivity contribution in [3.05, 3.63) is 75.6 Å². The van der Waals surface area contributed by atoms with Gasteiger partial charge in [-0.2, -0.15) is 10.2 Å². The molecule has 0 unspecified atom stereocenters. The first-order chi connectivity index (χ1) is 13.5. The van der Waals surface area contributed by atoms with Gasteiger partial charge in [0.2, 0.25) is 5.91 Å². The Kier molecular flexibility index (Phi) is 4.74. The van der Waals surface area contributed by atoms with Crippen LogP contribution in [0.25, 0.3) is 16.5 Å². The standard InChI is InChI=1S/C19H15BrN6O2/c1-25-19(28)14-5-3-2-4-13(14)15(24-25)9-18(27)23-16-8-12(20)6-7-17(16)26-11-21-10-22-26/h2-8,10-11H,9H2,1H3,(H,23,27). The molecule has 0 radical (unpaired) electrons. The molecule has 0 saturated heterocycles. The summed E-state index contributed by atoms with van der Waals surface area (Å²) in [5, 5.41) is 12.5. The molecule has 0 bridgehead atoms. The molecule has 0 saturated carbocycles. The molecule has 0 fully saturated rings. The van der Waals surface area contributed by atoms with Crippen LogP contribution in [0.3, 0.4) is 0 Å². The molecule has 0 aliphatic rings. The van der Waals surface area contributed by atoms with E-state index in [4.69, 9.17) is 0 Å². The van der Waals surface area contributed by atoms with Crippen LogP contribution in [0.1, 0.15) is 5.69 Å². The summed E-state index contributed by atoms with van der Waals surface area (Å²) in [6.45, 7) is 0. The van der Waals surface area contributed by atoms with Gasteiger partial charge in [-0.3, -0.25) is 9.59 Å². The number of carbonyl (C=O) groups excluding carboxylic acids is 1. The maximum Gasteiger partial charge on any atom is 0.274 e. The van der Waals surface area contributed by atoms with E-state index in [1.165, 1.54) is 11.0 Å². The summed E-state index contributed by atoms with van der Waals surface area (Å²) in [6.07, 6.45) is 3.01. The first-order valence-corrected chi connectivity index (χ1v) is 9.21. The van der Waals surface area contributed by atoms with Crippen molar-refractivity contribution in [1.82, 2.24) is 24.5 Å². The number of amides is 1. The second-order valence-electron chi connectivity index (χ2n) is 6.15. The fourth-order valence-corrected chi connectivity index (χ4v) is 3.35. The molecule has 9 heteroatoms. The van der Waals surface area contributed by atoms with Crippen molar-refractivity contribution in [2.75, 3.05) is 5.32 Å². The average Bonchev–Trinajstić information content (AvgIpc) is 3.20. The number of aromatic nitrogens is 5. The van der Waals surface area contributed by atoms with Crippen LogP contribution >= 0.6 is 15.9 Å². The average molecular weight is 439 g/mol. The molecule has 0 spiro atoms. The predicted molar refractivity (Wildman–Crippen MR) is 108 cm³/mol. The third-order valence-corrected chi connectivity index (χ3v) is 4.75. The normalized spacial score (nSPS) is 10.9. The third kappa shape index (κ3) is 3.44. The molecule has 2 aromatic heterocycles. The van der Waals surface area contributed by atoms with E-state index in [-0.39, 0.29) is 17.9 Å². The quantitative estimate of drug-likeness (QED) is 0.527. The van der Waals surface area contributed by atoms with Crippen LogP contribution < -0.4 is 10.9 Å². The summed E-state index contributed by atoms with van der Waals surface area (Å²) < 4.78 is 3.64. The first kappa shape index (κ1) is 18.1. The number of nitrogens with one attached hydrogen (secondary N) is 1. The fourth-order valence-electron chi connectivity index (χ4n) is 2.99. The number of halogens is 1. The summed E-state index contributed by atoms with van der Waals surface area (Å²) in [5.41, 5.74) is 1.61. The molecule has 1 N–H and O–H groups in total. The van der Waals surface area contributed by atoms with Crippen LogP contribution in [0.2, 0.25) is 0 Å². The molecule has 2 heterocycles. The van der Waals surface area contributed by atoms with Gasteiger partial charge in [0, 0.05) is 16.9 Å². The molecule has 0 aliphatic carbocycles. The number of benzene rings is 2. The number of fused-ring (bicyclic) bond motifs is 1. The van der Waals surface area contributed by atoms with Crippen LogP contribution in [0.5, 0.6) is 0 Å². The lowest BCUT2D eigenvalue weighted by Gasteiger charge is -2.12. The number of aryl methyl sites for hydroxylation is 1. The van der Waals surface area contributed by atoms with Crippen molar-refractivity contribution >= 4 is 38.3 Å². The predicted octanol–water partition coefficient (Wildman–Crippen LogP) is 2.46. The first-order valence-electron chi connectivity index (χ1n) is 8.42. The van der Waals surface area contributed by atoms with Crippen LogP contribution in [0, 0.1) is 0 Å². The summed E-state index contributed by atoms with van der Waals surface area (Å²) in [5.74, 6) is -0.254. The Morgan fingerprint density at radius 2 is 1.96 bits per heavy atom. The van der Waals surface area contributed by atoms with Gasteiger partial charge in [0.15, 0.2) is 0 Å². The van der Waals surface area contributed by atoms with Crippen LogP contribution in [-0.4, -0.2) is 30.5 Å². The Hall–Kier alpha value is -3.33. The van der Waals surface area contributed by atoms with Gasteiger partial charge in [0.1, 0.15) is 12.7 Å². The second-order valence-corrected chi connectivity index (χ2v) is 7.06. The summed E-state index contributed by atoms with van der Waals surface area (Å²) in [6, 6.07) is 12.6. The number of rotatable bonds is 4.